The second-order valence-electron chi connectivity index (χ2n) is 7.75. The van der Waals surface area contributed by atoms with Crippen LogP contribution < -0.4 is 10.8 Å². The lowest BCUT2D eigenvalue weighted by Crippen LogP contribution is -2.30. The number of hydrogen-bond donors (Lipinski definition) is 3. The van der Waals surface area contributed by atoms with Gasteiger partial charge in [0.1, 0.15) is 5.82 Å². The maximum atomic E-state index is 9.74. The molecule has 0 saturated heterocycles. The van der Waals surface area contributed by atoms with E-state index in [-0.39, 0.29) is 5.92 Å². The van der Waals surface area contributed by atoms with Crippen molar-refractivity contribution in [2.45, 2.75) is 33.2 Å². The first-order valence-corrected chi connectivity index (χ1v) is 10.1. The van der Waals surface area contributed by atoms with Gasteiger partial charge in [-0.15, -0.1) is 0 Å². The van der Waals surface area contributed by atoms with Crippen molar-refractivity contribution in [2.24, 2.45) is 0 Å². The van der Waals surface area contributed by atoms with Crippen molar-refractivity contribution in [3.8, 4) is 5.95 Å². The summed E-state index contributed by atoms with van der Waals surface area (Å²) in [7, 11) is -1.53. The molecule has 2 aromatic heterocycles. The second kappa shape index (κ2) is 8.30. The highest BCUT2D eigenvalue weighted by molar-refractivity contribution is 6.61. The smallest absolute Gasteiger partial charge is 0.423 e. The Kier molecular flexibility index (Phi) is 5.57. The lowest BCUT2D eigenvalue weighted by Gasteiger charge is -2.14. The van der Waals surface area contributed by atoms with Crippen molar-refractivity contribution in [1.29, 1.82) is 0 Å². The third-order valence-electron chi connectivity index (χ3n) is 5.18. The number of nitrogens with zero attached hydrogens (tertiary/aromatic N) is 3. The molecule has 0 spiro atoms. The molecule has 0 saturated carbocycles. The summed E-state index contributed by atoms with van der Waals surface area (Å²) >= 11 is 0. The molecule has 6 nitrogen and oxygen atoms in total. The van der Waals surface area contributed by atoms with Crippen LogP contribution in [0.5, 0.6) is 0 Å². The Bertz CT molecular complexity index is 1170. The zero-order valence-electron chi connectivity index (χ0n) is 17.4. The van der Waals surface area contributed by atoms with Crippen LogP contribution in [0.3, 0.4) is 0 Å². The van der Waals surface area contributed by atoms with Crippen LogP contribution in [-0.4, -0.2) is 31.7 Å². The summed E-state index contributed by atoms with van der Waals surface area (Å²) in [5, 5.41) is 23.7. The molecule has 0 fully saturated rings. The minimum Gasteiger partial charge on any atom is -0.423 e. The summed E-state index contributed by atoms with van der Waals surface area (Å²) in [6.45, 7) is 6.85. The summed E-state index contributed by atoms with van der Waals surface area (Å²) in [6, 6.07) is 19.6. The topological polar surface area (TPSA) is 83.2 Å². The van der Waals surface area contributed by atoms with E-state index in [2.05, 4.69) is 31.3 Å². The third-order valence-corrected chi connectivity index (χ3v) is 5.18. The first-order valence-electron chi connectivity index (χ1n) is 10.1. The standard InChI is InChI=1S/C23H25BN4O2/c1-15(2)20-13-22(25-14-17-8-5-4-6-9-17)27-23(26-20)28-16(3)12-18-19(24(29)30)10-7-11-21(18)28/h4-13,15,29-30H,14H2,1-3H3,(H,25,26,27). The summed E-state index contributed by atoms with van der Waals surface area (Å²) in [5.74, 6) is 1.56. The van der Waals surface area contributed by atoms with E-state index >= 15 is 0 Å². The van der Waals surface area contributed by atoms with Gasteiger partial charge >= 0.3 is 7.12 Å². The van der Waals surface area contributed by atoms with Gasteiger partial charge in [-0.25, -0.2) is 4.98 Å². The molecule has 0 aliphatic carbocycles. The molecule has 7 heteroatoms. The molecule has 0 unspecified atom stereocenters. The van der Waals surface area contributed by atoms with E-state index < -0.39 is 7.12 Å². The van der Waals surface area contributed by atoms with Crippen molar-refractivity contribution < 1.29 is 10.0 Å². The largest absolute Gasteiger partial charge is 0.489 e. The van der Waals surface area contributed by atoms with Crippen molar-refractivity contribution in [3.63, 3.8) is 0 Å². The molecule has 0 aliphatic rings. The molecule has 30 heavy (non-hydrogen) atoms. The number of benzene rings is 2. The van der Waals surface area contributed by atoms with Gasteiger partial charge in [0.25, 0.3) is 0 Å². The zero-order chi connectivity index (χ0) is 21.3. The van der Waals surface area contributed by atoms with Gasteiger partial charge in [0.2, 0.25) is 5.95 Å². The second-order valence-corrected chi connectivity index (χ2v) is 7.75. The van der Waals surface area contributed by atoms with E-state index in [4.69, 9.17) is 9.97 Å². The maximum absolute atomic E-state index is 9.74. The van der Waals surface area contributed by atoms with E-state index in [0.717, 1.165) is 28.1 Å². The fraction of sp³-hybridized carbons (Fsp3) is 0.217. The molecular formula is C23H25BN4O2. The monoisotopic (exact) mass is 400 g/mol. The first-order chi connectivity index (χ1) is 14.4. The molecule has 0 amide bonds. The van der Waals surface area contributed by atoms with Crippen LogP contribution in [-0.2, 0) is 6.54 Å². The summed E-state index contributed by atoms with van der Waals surface area (Å²) in [6.07, 6.45) is 0. The number of aryl methyl sites for hydroxylation is 1. The van der Waals surface area contributed by atoms with Gasteiger partial charge in [0.15, 0.2) is 0 Å². The van der Waals surface area contributed by atoms with E-state index in [1.165, 1.54) is 5.56 Å². The summed E-state index contributed by atoms with van der Waals surface area (Å²) in [5.41, 5.74) is 4.35. The Morgan fingerprint density at radius 2 is 1.77 bits per heavy atom. The van der Waals surface area contributed by atoms with E-state index in [1.54, 1.807) is 6.07 Å². The molecule has 0 atom stereocenters. The summed E-state index contributed by atoms with van der Waals surface area (Å²) < 4.78 is 1.96. The Labute approximate surface area is 176 Å². The first kappa shape index (κ1) is 20.1. The fourth-order valence-corrected chi connectivity index (χ4v) is 3.60. The predicted molar refractivity (Wildman–Crippen MR) is 121 cm³/mol. The SMILES string of the molecule is Cc1cc2c(B(O)O)cccc2n1-c1nc(NCc2ccccc2)cc(C(C)C)n1. The van der Waals surface area contributed by atoms with Gasteiger partial charge in [0.05, 0.1) is 11.2 Å². The van der Waals surface area contributed by atoms with Gasteiger partial charge in [-0.3, -0.25) is 4.57 Å². The van der Waals surface area contributed by atoms with Crippen molar-refractivity contribution in [2.75, 3.05) is 5.32 Å². The Morgan fingerprint density at radius 1 is 1.00 bits per heavy atom. The van der Waals surface area contributed by atoms with Crippen LogP contribution in [0.4, 0.5) is 5.82 Å². The van der Waals surface area contributed by atoms with E-state index in [1.807, 2.05) is 54.0 Å². The zero-order valence-corrected chi connectivity index (χ0v) is 17.4. The van der Waals surface area contributed by atoms with Crippen LogP contribution in [0.25, 0.3) is 16.9 Å². The van der Waals surface area contributed by atoms with Crippen LogP contribution in [0.1, 0.15) is 36.7 Å². The maximum Gasteiger partial charge on any atom is 0.489 e. The van der Waals surface area contributed by atoms with Crippen molar-refractivity contribution in [3.05, 3.63) is 77.6 Å². The average molecular weight is 400 g/mol. The third kappa shape index (κ3) is 3.94. The van der Waals surface area contributed by atoms with Gasteiger partial charge in [-0.05, 0) is 36.0 Å². The molecule has 4 rings (SSSR count). The summed E-state index contributed by atoms with van der Waals surface area (Å²) in [4.78, 5) is 9.58. The van der Waals surface area contributed by atoms with Crippen molar-refractivity contribution in [1.82, 2.24) is 14.5 Å². The van der Waals surface area contributed by atoms with Crippen LogP contribution >= 0.6 is 0 Å². The Morgan fingerprint density at radius 3 is 2.47 bits per heavy atom. The van der Waals surface area contributed by atoms with Gasteiger partial charge < -0.3 is 15.4 Å². The molecule has 3 N–H and O–H groups in total. The number of rotatable bonds is 6. The molecular weight excluding hydrogens is 375 g/mol. The van der Waals surface area contributed by atoms with Crippen LogP contribution in [0, 0.1) is 6.92 Å². The number of nitrogens with one attached hydrogen (secondary N) is 1. The van der Waals surface area contributed by atoms with Gasteiger partial charge in [0, 0.05) is 23.7 Å². The minimum atomic E-state index is -1.53. The molecule has 152 valence electrons. The van der Waals surface area contributed by atoms with Gasteiger partial charge in [-0.2, -0.15) is 4.98 Å². The fourth-order valence-electron chi connectivity index (χ4n) is 3.60. The molecule has 0 bridgehead atoms. The highest BCUT2D eigenvalue weighted by Crippen LogP contribution is 2.24. The molecule has 0 radical (unpaired) electrons. The molecule has 2 aromatic carbocycles. The normalized spacial score (nSPS) is 11.3. The van der Waals surface area contributed by atoms with Crippen molar-refractivity contribution >= 4 is 29.3 Å². The highest BCUT2D eigenvalue weighted by atomic mass is 16.4. The Balaban J connectivity index is 1.79. The quantitative estimate of drug-likeness (QED) is 0.433. The van der Waals surface area contributed by atoms with E-state index in [0.29, 0.717) is 18.0 Å². The van der Waals surface area contributed by atoms with E-state index in [9.17, 15) is 10.0 Å². The highest BCUT2D eigenvalue weighted by Gasteiger charge is 2.19. The average Bonchev–Trinajstić information content (AvgIpc) is 3.08. The molecule has 4 aromatic rings. The lowest BCUT2D eigenvalue weighted by atomic mass is 9.78. The van der Waals surface area contributed by atoms with Crippen LogP contribution in [0.15, 0.2) is 60.7 Å². The Hall–Kier alpha value is -3.16. The van der Waals surface area contributed by atoms with Gasteiger partial charge in [-0.1, -0.05) is 56.3 Å². The predicted octanol–water partition coefficient (Wildman–Crippen LogP) is 3.14. The number of fused-ring (bicyclic) bond motifs is 1. The molecule has 0 aliphatic heterocycles. The molecule has 2 heterocycles. The number of aromatic nitrogens is 3. The number of hydrogen-bond acceptors (Lipinski definition) is 5. The minimum absolute atomic E-state index is 0.237. The lowest BCUT2D eigenvalue weighted by molar-refractivity contribution is 0.426. The number of anilines is 1. The van der Waals surface area contributed by atoms with Crippen LogP contribution in [0.2, 0.25) is 0 Å².